The van der Waals surface area contributed by atoms with Crippen LogP contribution in [-0.2, 0) is 0 Å². The first-order valence-corrected chi connectivity index (χ1v) is 5.48. The minimum Gasteiger partial charge on any atom is -0.489 e. The van der Waals surface area contributed by atoms with Crippen LogP contribution >= 0.6 is 0 Å². The third kappa shape index (κ3) is 4.63. The molecule has 0 bridgehead atoms. The highest BCUT2D eigenvalue weighted by Gasteiger charge is 2.04. The van der Waals surface area contributed by atoms with E-state index in [1.165, 1.54) is 0 Å². The quantitative estimate of drug-likeness (QED) is 0.585. The molecule has 0 aromatic heterocycles. The van der Waals surface area contributed by atoms with Gasteiger partial charge in [0.05, 0.1) is 6.54 Å². The molecule has 0 heterocycles. The maximum absolute atomic E-state index is 5.71. The van der Waals surface area contributed by atoms with Gasteiger partial charge in [-0.1, -0.05) is 6.07 Å². The summed E-state index contributed by atoms with van der Waals surface area (Å²) in [4.78, 5) is 5.94. The van der Waals surface area contributed by atoms with Crippen LogP contribution in [0.5, 0.6) is 5.75 Å². The zero-order chi connectivity index (χ0) is 12.8. The number of nitrogens with two attached hydrogens (primary N) is 2. The van der Waals surface area contributed by atoms with Crippen LogP contribution in [0, 0.1) is 0 Å². The lowest BCUT2D eigenvalue weighted by Crippen LogP contribution is -2.26. The van der Waals surface area contributed by atoms with Crippen molar-refractivity contribution in [2.75, 3.05) is 25.5 Å². The Bertz CT molecular complexity index is 386. The predicted octanol–water partition coefficient (Wildman–Crippen LogP) is 0.793. The van der Waals surface area contributed by atoms with E-state index in [2.05, 4.69) is 4.99 Å². The molecule has 0 spiro atoms. The van der Waals surface area contributed by atoms with Crippen molar-refractivity contribution in [3.8, 4) is 5.75 Å². The van der Waals surface area contributed by atoms with E-state index >= 15 is 0 Å². The van der Waals surface area contributed by atoms with Crippen LogP contribution in [0.3, 0.4) is 0 Å². The zero-order valence-electron chi connectivity index (χ0n) is 10.6. The number of benzene rings is 1. The average molecular weight is 236 g/mol. The van der Waals surface area contributed by atoms with Crippen molar-refractivity contribution < 1.29 is 4.74 Å². The van der Waals surface area contributed by atoms with Crippen molar-refractivity contribution in [3.05, 3.63) is 24.3 Å². The van der Waals surface area contributed by atoms with E-state index in [9.17, 15) is 0 Å². The van der Waals surface area contributed by atoms with E-state index in [0.29, 0.717) is 6.54 Å². The van der Waals surface area contributed by atoms with Gasteiger partial charge in [0.25, 0.3) is 0 Å². The molecule has 5 nitrogen and oxygen atoms in total. The minimum absolute atomic E-state index is 0.0606. The molecule has 0 saturated heterocycles. The summed E-state index contributed by atoms with van der Waals surface area (Å²) in [6.07, 6.45) is -0.0606. The minimum atomic E-state index is -0.0606. The Balaban J connectivity index is 2.62. The predicted molar refractivity (Wildman–Crippen MR) is 71.5 cm³/mol. The topological polar surface area (TPSA) is 76.9 Å². The number of nitrogens with zero attached hydrogens (tertiary/aromatic N) is 2. The van der Waals surface area contributed by atoms with E-state index in [1.807, 2.05) is 50.2 Å². The van der Waals surface area contributed by atoms with Crippen molar-refractivity contribution in [2.45, 2.75) is 13.0 Å². The Morgan fingerprint density at radius 3 is 2.71 bits per heavy atom. The second-order valence-corrected chi connectivity index (χ2v) is 4.09. The molecule has 1 aromatic carbocycles. The summed E-state index contributed by atoms with van der Waals surface area (Å²) in [6.45, 7) is 2.38. The number of hydrogen-bond acceptors (Lipinski definition) is 3. The van der Waals surface area contributed by atoms with Gasteiger partial charge < -0.3 is 21.1 Å². The molecular weight excluding hydrogens is 216 g/mol. The summed E-state index contributed by atoms with van der Waals surface area (Å²) in [7, 11) is 3.98. The first-order chi connectivity index (χ1) is 7.99. The van der Waals surface area contributed by atoms with Gasteiger partial charge in [0.2, 0.25) is 0 Å². The lowest BCUT2D eigenvalue weighted by Gasteiger charge is -2.16. The van der Waals surface area contributed by atoms with Crippen LogP contribution in [0.1, 0.15) is 6.92 Å². The van der Waals surface area contributed by atoms with Gasteiger partial charge in [-0.3, -0.25) is 0 Å². The molecule has 0 aliphatic rings. The zero-order valence-corrected chi connectivity index (χ0v) is 10.6. The van der Waals surface area contributed by atoms with Crippen LogP contribution in [0.25, 0.3) is 0 Å². The molecule has 0 aliphatic carbocycles. The maximum atomic E-state index is 5.71. The molecule has 0 radical (unpaired) electrons. The van der Waals surface area contributed by atoms with E-state index in [0.717, 1.165) is 11.4 Å². The van der Waals surface area contributed by atoms with Crippen LogP contribution < -0.4 is 21.1 Å². The third-order valence-corrected chi connectivity index (χ3v) is 2.20. The molecule has 1 atom stereocenters. The Morgan fingerprint density at radius 2 is 2.12 bits per heavy atom. The molecule has 17 heavy (non-hydrogen) atoms. The fraction of sp³-hybridized carbons (Fsp3) is 0.417. The Morgan fingerprint density at radius 1 is 1.41 bits per heavy atom. The molecule has 94 valence electrons. The van der Waals surface area contributed by atoms with Crippen LogP contribution in [0.2, 0.25) is 0 Å². The highest BCUT2D eigenvalue weighted by atomic mass is 16.5. The first kappa shape index (κ1) is 13.2. The van der Waals surface area contributed by atoms with Gasteiger partial charge in [0.1, 0.15) is 11.9 Å². The van der Waals surface area contributed by atoms with Crippen molar-refractivity contribution in [1.29, 1.82) is 0 Å². The molecule has 0 saturated carbocycles. The van der Waals surface area contributed by atoms with Crippen molar-refractivity contribution in [1.82, 2.24) is 0 Å². The van der Waals surface area contributed by atoms with Gasteiger partial charge in [0, 0.05) is 25.8 Å². The van der Waals surface area contributed by atoms with Gasteiger partial charge >= 0.3 is 0 Å². The summed E-state index contributed by atoms with van der Waals surface area (Å²) >= 11 is 0. The molecule has 0 aliphatic heterocycles. The van der Waals surface area contributed by atoms with Crippen LogP contribution in [0.15, 0.2) is 29.3 Å². The number of anilines is 1. The van der Waals surface area contributed by atoms with Crippen LogP contribution in [0.4, 0.5) is 5.69 Å². The summed E-state index contributed by atoms with van der Waals surface area (Å²) in [5.41, 5.74) is 11.6. The van der Waals surface area contributed by atoms with Gasteiger partial charge in [-0.2, -0.15) is 0 Å². The summed E-state index contributed by atoms with van der Waals surface area (Å²) in [6, 6.07) is 7.87. The van der Waals surface area contributed by atoms with E-state index in [-0.39, 0.29) is 12.1 Å². The third-order valence-electron chi connectivity index (χ3n) is 2.20. The Labute approximate surface area is 102 Å². The highest BCUT2D eigenvalue weighted by molar-refractivity contribution is 5.75. The second kappa shape index (κ2) is 5.98. The molecule has 1 rings (SSSR count). The fourth-order valence-corrected chi connectivity index (χ4v) is 1.34. The fourth-order valence-electron chi connectivity index (χ4n) is 1.34. The van der Waals surface area contributed by atoms with Gasteiger partial charge in [0.15, 0.2) is 5.96 Å². The van der Waals surface area contributed by atoms with Crippen molar-refractivity contribution in [3.63, 3.8) is 0 Å². The number of aliphatic imine (C=N–C) groups is 1. The summed E-state index contributed by atoms with van der Waals surface area (Å²) in [5.74, 6) is 0.900. The van der Waals surface area contributed by atoms with E-state index in [4.69, 9.17) is 16.2 Å². The van der Waals surface area contributed by atoms with E-state index in [1.54, 1.807) is 0 Å². The van der Waals surface area contributed by atoms with E-state index < -0.39 is 0 Å². The van der Waals surface area contributed by atoms with Crippen LogP contribution in [-0.4, -0.2) is 32.7 Å². The number of guanidine groups is 1. The lowest BCUT2D eigenvalue weighted by atomic mass is 10.3. The molecular formula is C12H20N4O. The standard InChI is InChI=1S/C12H20N4O/c1-9(8-15-12(13)14)17-11-6-4-5-10(7-11)16(2)3/h4-7,9H,8H2,1-3H3,(H4,13,14,15). The number of hydrogen-bond donors (Lipinski definition) is 2. The van der Waals surface area contributed by atoms with Gasteiger partial charge in [-0.05, 0) is 19.1 Å². The summed E-state index contributed by atoms with van der Waals surface area (Å²) in [5, 5.41) is 0. The molecule has 0 amide bonds. The lowest BCUT2D eigenvalue weighted by molar-refractivity contribution is 0.230. The molecule has 4 N–H and O–H groups in total. The number of rotatable bonds is 5. The Kier molecular flexibility index (Phi) is 4.63. The molecule has 1 unspecified atom stereocenters. The molecule has 5 heteroatoms. The van der Waals surface area contributed by atoms with Crippen molar-refractivity contribution in [2.24, 2.45) is 16.5 Å². The normalized spacial score (nSPS) is 11.7. The second-order valence-electron chi connectivity index (χ2n) is 4.09. The monoisotopic (exact) mass is 236 g/mol. The highest BCUT2D eigenvalue weighted by Crippen LogP contribution is 2.20. The number of ether oxygens (including phenoxy) is 1. The maximum Gasteiger partial charge on any atom is 0.186 e. The first-order valence-electron chi connectivity index (χ1n) is 5.48. The summed E-state index contributed by atoms with van der Waals surface area (Å²) < 4.78 is 5.71. The van der Waals surface area contributed by atoms with Gasteiger partial charge in [-0.25, -0.2) is 4.99 Å². The Hall–Kier alpha value is -1.91. The average Bonchev–Trinajstić information content (AvgIpc) is 2.26. The largest absolute Gasteiger partial charge is 0.489 e. The SMILES string of the molecule is CC(CN=C(N)N)Oc1cccc(N(C)C)c1. The smallest absolute Gasteiger partial charge is 0.186 e. The molecule has 0 fully saturated rings. The van der Waals surface area contributed by atoms with Gasteiger partial charge in [-0.15, -0.1) is 0 Å². The molecule has 1 aromatic rings. The van der Waals surface area contributed by atoms with Crippen molar-refractivity contribution >= 4 is 11.6 Å².